The number of fused-ring (bicyclic) bond motifs is 1. The average Bonchev–Trinajstić information content (AvgIpc) is 2.73. The molecule has 2 aromatic carbocycles. The molecule has 0 radical (unpaired) electrons. The van der Waals surface area contributed by atoms with Gasteiger partial charge in [-0.05, 0) is 48.6 Å². The van der Waals surface area contributed by atoms with Crippen molar-refractivity contribution in [3.63, 3.8) is 0 Å². The van der Waals surface area contributed by atoms with Crippen molar-refractivity contribution in [3.05, 3.63) is 81.7 Å². The lowest BCUT2D eigenvalue weighted by molar-refractivity contribution is 0.0923. The van der Waals surface area contributed by atoms with Crippen LogP contribution >= 0.6 is 0 Å². The number of para-hydroxylation sites is 1. The first-order valence-corrected chi connectivity index (χ1v) is 10.2. The Bertz CT molecular complexity index is 1070. The molecule has 3 aromatic rings. The third-order valence-electron chi connectivity index (χ3n) is 5.55. The van der Waals surface area contributed by atoms with E-state index in [-0.39, 0.29) is 17.1 Å². The van der Waals surface area contributed by atoms with E-state index in [1.807, 2.05) is 18.2 Å². The molecule has 0 bridgehead atoms. The highest BCUT2D eigenvalue weighted by Gasteiger charge is 2.18. The first kappa shape index (κ1) is 19.4. The number of nitrogens with one attached hydrogen (secondary N) is 1. The number of hydrogen-bond acceptors (Lipinski definition) is 4. The third kappa shape index (κ3) is 4.57. The maximum Gasteiger partial charge on any atom is 0.287 e. The van der Waals surface area contributed by atoms with Crippen LogP contribution in [0.4, 0.5) is 0 Å². The van der Waals surface area contributed by atoms with E-state index in [9.17, 15) is 9.59 Å². The summed E-state index contributed by atoms with van der Waals surface area (Å²) in [4.78, 5) is 27.3. The second-order valence-electron chi connectivity index (χ2n) is 7.90. The first-order chi connectivity index (χ1) is 14.1. The van der Waals surface area contributed by atoms with Crippen molar-refractivity contribution in [1.29, 1.82) is 0 Å². The van der Waals surface area contributed by atoms with Gasteiger partial charge in [-0.25, -0.2) is 0 Å². The number of carbonyl (C=O) groups excluding carboxylic acids is 1. The zero-order valence-electron chi connectivity index (χ0n) is 16.7. The summed E-state index contributed by atoms with van der Waals surface area (Å²) in [6.07, 6.45) is 2.53. The van der Waals surface area contributed by atoms with Gasteiger partial charge in [-0.15, -0.1) is 0 Å². The van der Waals surface area contributed by atoms with Gasteiger partial charge in [-0.2, -0.15) is 0 Å². The molecule has 1 aliphatic rings. The van der Waals surface area contributed by atoms with E-state index in [4.69, 9.17) is 4.42 Å². The summed E-state index contributed by atoms with van der Waals surface area (Å²) in [5.74, 6) is 0.386. The molecular formula is C24H26N2O3. The summed E-state index contributed by atoms with van der Waals surface area (Å²) in [7, 11) is 0. The predicted molar refractivity (Wildman–Crippen MR) is 114 cm³/mol. The lowest BCUT2D eigenvalue weighted by Gasteiger charge is -2.31. The van der Waals surface area contributed by atoms with Crippen LogP contribution in [0.1, 0.15) is 41.4 Å². The third-order valence-corrected chi connectivity index (χ3v) is 5.55. The van der Waals surface area contributed by atoms with Crippen molar-refractivity contribution in [2.45, 2.75) is 32.9 Å². The second-order valence-corrected chi connectivity index (χ2v) is 7.90. The first-order valence-electron chi connectivity index (χ1n) is 10.2. The molecule has 1 atom stereocenters. The number of hydrogen-bond donors (Lipinski definition) is 1. The van der Waals surface area contributed by atoms with Crippen LogP contribution in [0.15, 0.2) is 63.8 Å². The SMILES string of the molecule is CC1CCCN(Cc2ccccc2CNC(=O)c2cc(=O)c3ccccc3o2)C1. The van der Waals surface area contributed by atoms with E-state index in [0.29, 0.717) is 17.5 Å². The molecule has 1 aromatic heterocycles. The van der Waals surface area contributed by atoms with Crippen LogP contribution in [-0.2, 0) is 13.1 Å². The van der Waals surface area contributed by atoms with E-state index in [2.05, 4.69) is 23.2 Å². The number of rotatable bonds is 5. The molecule has 1 fully saturated rings. The van der Waals surface area contributed by atoms with Crippen LogP contribution in [0.2, 0.25) is 0 Å². The molecule has 5 heteroatoms. The molecule has 5 nitrogen and oxygen atoms in total. The number of carbonyl (C=O) groups is 1. The molecule has 1 unspecified atom stereocenters. The van der Waals surface area contributed by atoms with Gasteiger partial charge in [0.2, 0.25) is 0 Å². The summed E-state index contributed by atoms with van der Waals surface area (Å²) in [6, 6.07) is 16.4. The minimum atomic E-state index is -0.380. The fraction of sp³-hybridized carbons (Fsp3) is 0.333. The van der Waals surface area contributed by atoms with E-state index in [0.717, 1.165) is 31.1 Å². The molecule has 1 amide bonds. The predicted octanol–water partition coefficient (Wildman–Crippen LogP) is 3.95. The van der Waals surface area contributed by atoms with Gasteiger partial charge in [0.25, 0.3) is 5.91 Å². The Balaban J connectivity index is 1.46. The zero-order chi connectivity index (χ0) is 20.2. The van der Waals surface area contributed by atoms with E-state index < -0.39 is 0 Å². The van der Waals surface area contributed by atoms with Gasteiger partial charge in [-0.1, -0.05) is 43.3 Å². The molecule has 1 aliphatic heterocycles. The molecular weight excluding hydrogens is 364 g/mol. The van der Waals surface area contributed by atoms with E-state index in [1.54, 1.807) is 24.3 Å². The average molecular weight is 390 g/mol. The Labute approximate surface area is 170 Å². The number of piperidine rings is 1. The van der Waals surface area contributed by atoms with Gasteiger partial charge in [0, 0.05) is 25.7 Å². The molecule has 0 aliphatic carbocycles. The standard InChI is InChI=1S/C24H26N2O3/c1-17-7-6-12-26(15-17)16-19-9-3-2-8-18(19)14-25-24(28)23-13-21(27)20-10-4-5-11-22(20)29-23/h2-5,8-11,13,17H,6-7,12,14-16H2,1H3,(H,25,28). The van der Waals surface area contributed by atoms with Gasteiger partial charge in [0.05, 0.1) is 5.39 Å². The monoisotopic (exact) mass is 390 g/mol. The maximum atomic E-state index is 12.6. The largest absolute Gasteiger partial charge is 0.451 e. The Kier molecular flexibility index (Phi) is 5.76. The fourth-order valence-corrected chi connectivity index (χ4v) is 4.03. The molecule has 150 valence electrons. The Morgan fingerprint density at radius 1 is 1.14 bits per heavy atom. The number of benzene rings is 2. The normalized spacial score (nSPS) is 17.3. The summed E-state index contributed by atoms with van der Waals surface area (Å²) in [5.41, 5.74) is 2.52. The van der Waals surface area contributed by atoms with Gasteiger partial charge in [-0.3, -0.25) is 14.5 Å². The van der Waals surface area contributed by atoms with Crippen molar-refractivity contribution in [2.75, 3.05) is 13.1 Å². The molecule has 2 heterocycles. The van der Waals surface area contributed by atoms with Crippen molar-refractivity contribution in [2.24, 2.45) is 5.92 Å². The Hall–Kier alpha value is -2.92. The summed E-state index contributed by atoms with van der Waals surface area (Å²) >= 11 is 0. The summed E-state index contributed by atoms with van der Waals surface area (Å²) in [5, 5.41) is 3.38. The molecule has 0 spiro atoms. The minimum absolute atomic E-state index is 0.0380. The van der Waals surface area contributed by atoms with E-state index in [1.165, 1.54) is 24.5 Å². The Morgan fingerprint density at radius 2 is 1.90 bits per heavy atom. The molecule has 4 rings (SSSR count). The number of amides is 1. The molecule has 1 saturated heterocycles. The van der Waals surface area contributed by atoms with Crippen LogP contribution in [0.3, 0.4) is 0 Å². The quantitative estimate of drug-likeness (QED) is 0.716. The smallest absolute Gasteiger partial charge is 0.287 e. The number of nitrogens with zero attached hydrogens (tertiary/aromatic N) is 1. The van der Waals surface area contributed by atoms with Crippen LogP contribution in [0.5, 0.6) is 0 Å². The van der Waals surface area contributed by atoms with Crippen molar-refractivity contribution in [1.82, 2.24) is 10.2 Å². The second kappa shape index (κ2) is 8.62. The van der Waals surface area contributed by atoms with Crippen molar-refractivity contribution in [3.8, 4) is 0 Å². The lowest BCUT2D eigenvalue weighted by atomic mass is 9.99. The minimum Gasteiger partial charge on any atom is -0.451 e. The zero-order valence-corrected chi connectivity index (χ0v) is 16.7. The summed E-state index contributed by atoms with van der Waals surface area (Å²) < 4.78 is 5.64. The fourth-order valence-electron chi connectivity index (χ4n) is 4.03. The van der Waals surface area contributed by atoms with Gasteiger partial charge >= 0.3 is 0 Å². The highest BCUT2D eigenvalue weighted by atomic mass is 16.3. The topological polar surface area (TPSA) is 62.6 Å². The molecule has 0 saturated carbocycles. The maximum absolute atomic E-state index is 12.6. The van der Waals surface area contributed by atoms with Crippen molar-refractivity contribution < 1.29 is 9.21 Å². The number of likely N-dealkylation sites (tertiary alicyclic amines) is 1. The molecule has 29 heavy (non-hydrogen) atoms. The highest BCUT2D eigenvalue weighted by molar-refractivity contribution is 5.93. The van der Waals surface area contributed by atoms with Gasteiger partial charge in [0.1, 0.15) is 5.58 Å². The van der Waals surface area contributed by atoms with E-state index >= 15 is 0 Å². The van der Waals surface area contributed by atoms with Gasteiger partial charge in [0.15, 0.2) is 11.2 Å². The van der Waals surface area contributed by atoms with Crippen LogP contribution in [0.25, 0.3) is 11.0 Å². The van der Waals surface area contributed by atoms with Crippen molar-refractivity contribution >= 4 is 16.9 Å². The highest BCUT2D eigenvalue weighted by Crippen LogP contribution is 2.20. The van der Waals surface area contributed by atoms with Crippen LogP contribution < -0.4 is 10.7 Å². The lowest BCUT2D eigenvalue weighted by Crippen LogP contribution is -2.34. The summed E-state index contributed by atoms with van der Waals surface area (Å²) in [6.45, 7) is 5.82. The molecule has 1 N–H and O–H groups in total. The van der Waals surface area contributed by atoms with Gasteiger partial charge < -0.3 is 9.73 Å². The van der Waals surface area contributed by atoms with Crippen LogP contribution in [0, 0.1) is 5.92 Å². The Morgan fingerprint density at radius 3 is 2.72 bits per heavy atom. The van der Waals surface area contributed by atoms with Crippen LogP contribution in [-0.4, -0.2) is 23.9 Å².